The van der Waals surface area contributed by atoms with Gasteiger partial charge in [-0.2, -0.15) is 0 Å². The Bertz CT molecular complexity index is 329. The molecule has 1 saturated heterocycles. The number of hydroxylamine groups is 2. The average Bonchev–Trinajstić information content (AvgIpc) is 2.27. The number of amides is 4. The third-order valence-corrected chi connectivity index (χ3v) is 3.01. The Morgan fingerprint density at radius 1 is 1.31 bits per heavy atom. The molecule has 2 N–H and O–H groups in total. The number of hydrogen-bond acceptors (Lipinski definition) is 4. The maximum atomic E-state index is 11.8. The van der Waals surface area contributed by atoms with Gasteiger partial charge in [-0.15, -0.1) is 5.06 Å². The van der Waals surface area contributed by atoms with Crippen LogP contribution >= 0.6 is 0 Å². The molecule has 1 rings (SSSR count). The number of nitrogens with one attached hydrogen (secondary N) is 1. The van der Waals surface area contributed by atoms with E-state index in [-0.39, 0.29) is 11.5 Å². The molecular formula is C10H16N2O4. The molecule has 1 atom stereocenters. The molecule has 0 bridgehead atoms. The molecule has 0 aromatic rings. The van der Waals surface area contributed by atoms with Gasteiger partial charge >= 0.3 is 6.03 Å². The van der Waals surface area contributed by atoms with Gasteiger partial charge in [-0.1, -0.05) is 26.7 Å². The van der Waals surface area contributed by atoms with Gasteiger partial charge in [0.25, 0.3) is 5.91 Å². The number of nitrogens with zero attached hydrogens (tertiary/aromatic N) is 1. The first kappa shape index (κ1) is 12.6. The molecule has 4 amide bonds. The van der Waals surface area contributed by atoms with E-state index < -0.39 is 23.3 Å². The first-order valence-corrected chi connectivity index (χ1v) is 5.38. The third kappa shape index (κ3) is 1.80. The lowest BCUT2D eigenvalue weighted by molar-refractivity contribution is -0.174. The molecule has 6 heteroatoms. The second-order valence-electron chi connectivity index (χ2n) is 3.92. The molecule has 1 aliphatic rings. The highest BCUT2D eigenvalue weighted by atomic mass is 16.5. The van der Waals surface area contributed by atoms with Gasteiger partial charge in [0.15, 0.2) is 0 Å². The highest BCUT2D eigenvalue weighted by Gasteiger charge is 2.52. The highest BCUT2D eigenvalue weighted by Crippen LogP contribution is 2.33. The van der Waals surface area contributed by atoms with Crippen LogP contribution in [0.1, 0.15) is 39.5 Å². The van der Waals surface area contributed by atoms with Gasteiger partial charge in [0.05, 0.1) is 0 Å². The molecule has 6 nitrogen and oxygen atoms in total. The van der Waals surface area contributed by atoms with Gasteiger partial charge in [-0.3, -0.25) is 20.1 Å². The molecule has 1 fully saturated rings. The maximum absolute atomic E-state index is 11.8. The van der Waals surface area contributed by atoms with Crippen molar-refractivity contribution in [3.63, 3.8) is 0 Å². The molecule has 0 spiro atoms. The Balaban J connectivity index is 3.01. The van der Waals surface area contributed by atoms with Crippen LogP contribution in [-0.2, 0) is 9.59 Å². The Morgan fingerprint density at radius 3 is 2.44 bits per heavy atom. The molecule has 0 aromatic heterocycles. The number of imide groups is 2. The van der Waals surface area contributed by atoms with Crippen LogP contribution in [0.15, 0.2) is 0 Å². The van der Waals surface area contributed by atoms with E-state index in [1.165, 1.54) is 0 Å². The number of unbranched alkanes of at least 4 members (excludes halogenated alkanes) is 1. The van der Waals surface area contributed by atoms with Gasteiger partial charge in [-0.05, 0) is 12.8 Å². The predicted molar refractivity (Wildman–Crippen MR) is 54.4 cm³/mol. The van der Waals surface area contributed by atoms with Gasteiger partial charge in [0, 0.05) is 0 Å². The van der Waals surface area contributed by atoms with Crippen LogP contribution in [-0.4, -0.2) is 28.1 Å². The summed E-state index contributed by atoms with van der Waals surface area (Å²) in [5.41, 5.74) is -1.29. The summed E-state index contributed by atoms with van der Waals surface area (Å²) in [6.45, 7) is 3.63. The van der Waals surface area contributed by atoms with Crippen LogP contribution in [0, 0.1) is 5.41 Å². The van der Waals surface area contributed by atoms with E-state index in [0.717, 1.165) is 6.42 Å². The van der Waals surface area contributed by atoms with E-state index >= 15 is 0 Å². The summed E-state index contributed by atoms with van der Waals surface area (Å²) in [7, 11) is 0. The molecule has 16 heavy (non-hydrogen) atoms. The van der Waals surface area contributed by atoms with Crippen molar-refractivity contribution >= 4 is 17.8 Å². The number of carbonyl (C=O) groups is 3. The fourth-order valence-corrected chi connectivity index (χ4v) is 1.85. The van der Waals surface area contributed by atoms with Crippen molar-refractivity contribution in [3.05, 3.63) is 0 Å². The molecule has 90 valence electrons. The minimum atomic E-state index is -1.29. The fourth-order valence-electron chi connectivity index (χ4n) is 1.85. The predicted octanol–water partition coefficient (Wildman–Crippen LogP) is 1.04. The second-order valence-corrected chi connectivity index (χ2v) is 3.92. The maximum Gasteiger partial charge on any atom is 0.355 e. The van der Waals surface area contributed by atoms with Gasteiger partial charge < -0.3 is 0 Å². The highest BCUT2D eigenvalue weighted by molar-refractivity contribution is 6.18. The first-order valence-electron chi connectivity index (χ1n) is 5.38. The van der Waals surface area contributed by atoms with Crippen LogP contribution < -0.4 is 5.32 Å². The number of carbonyl (C=O) groups excluding carboxylic acids is 3. The first-order chi connectivity index (χ1) is 7.49. The van der Waals surface area contributed by atoms with Gasteiger partial charge in [0.2, 0.25) is 5.91 Å². The van der Waals surface area contributed by atoms with Crippen molar-refractivity contribution in [3.8, 4) is 0 Å². The standard InChI is InChI=1S/C10H16N2O4/c1-3-5-6-10(4-2)7(13)11-9(15)12(16)8(10)14/h16H,3-6H2,1-2H3,(H,11,13,15)/t10-/m1/s1. The second kappa shape index (κ2) is 4.61. The van der Waals surface area contributed by atoms with Crippen LogP contribution in [0.25, 0.3) is 0 Å². The molecule has 0 radical (unpaired) electrons. The molecule has 0 saturated carbocycles. The summed E-state index contributed by atoms with van der Waals surface area (Å²) in [6.07, 6.45) is 2.13. The zero-order chi connectivity index (χ0) is 12.3. The number of urea groups is 1. The quantitative estimate of drug-likeness (QED) is 0.556. The molecule has 0 unspecified atom stereocenters. The Morgan fingerprint density at radius 2 is 1.94 bits per heavy atom. The molecule has 0 aliphatic carbocycles. The molecule has 1 aliphatic heterocycles. The number of barbiturate groups is 1. The lowest BCUT2D eigenvalue weighted by Crippen LogP contribution is -2.62. The summed E-state index contributed by atoms with van der Waals surface area (Å²) >= 11 is 0. The monoisotopic (exact) mass is 228 g/mol. The zero-order valence-electron chi connectivity index (χ0n) is 9.45. The Kier molecular flexibility index (Phi) is 3.64. The lowest BCUT2D eigenvalue weighted by atomic mass is 9.77. The summed E-state index contributed by atoms with van der Waals surface area (Å²) in [5.74, 6) is -1.43. The van der Waals surface area contributed by atoms with Crippen molar-refractivity contribution in [2.45, 2.75) is 39.5 Å². The SMILES string of the molecule is CCCC[C@]1(CC)C(=O)NC(=O)N(O)C1=O. The van der Waals surface area contributed by atoms with Crippen LogP contribution in [0.3, 0.4) is 0 Å². The fraction of sp³-hybridized carbons (Fsp3) is 0.700. The smallest absolute Gasteiger partial charge is 0.277 e. The Hall–Kier alpha value is -1.43. The average molecular weight is 228 g/mol. The lowest BCUT2D eigenvalue weighted by Gasteiger charge is -2.35. The summed E-state index contributed by atoms with van der Waals surface area (Å²) in [4.78, 5) is 34.5. The van der Waals surface area contributed by atoms with Crippen molar-refractivity contribution in [2.24, 2.45) is 5.41 Å². The van der Waals surface area contributed by atoms with Crippen LogP contribution in [0.4, 0.5) is 4.79 Å². The minimum Gasteiger partial charge on any atom is -0.277 e. The zero-order valence-corrected chi connectivity index (χ0v) is 9.45. The van der Waals surface area contributed by atoms with Crippen molar-refractivity contribution in [1.82, 2.24) is 10.4 Å². The minimum absolute atomic E-state index is 0.000556. The van der Waals surface area contributed by atoms with E-state index in [1.54, 1.807) is 6.92 Å². The third-order valence-electron chi connectivity index (χ3n) is 3.01. The van der Waals surface area contributed by atoms with Crippen molar-refractivity contribution in [2.75, 3.05) is 0 Å². The summed E-state index contributed by atoms with van der Waals surface area (Å²) < 4.78 is 0. The summed E-state index contributed by atoms with van der Waals surface area (Å²) in [5, 5.41) is 11.2. The van der Waals surface area contributed by atoms with Crippen molar-refractivity contribution in [1.29, 1.82) is 0 Å². The number of hydrogen-bond donors (Lipinski definition) is 2. The van der Waals surface area contributed by atoms with E-state index in [1.807, 2.05) is 12.2 Å². The van der Waals surface area contributed by atoms with E-state index in [4.69, 9.17) is 0 Å². The molecule has 0 aromatic carbocycles. The topological polar surface area (TPSA) is 86.7 Å². The molecule has 1 heterocycles. The number of rotatable bonds is 4. The van der Waals surface area contributed by atoms with E-state index in [2.05, 4.69) is 0 Å². The summed E-state index contributed by atoms with van der Waals surface area (Å²) in [6, 6.07) is -1.07. The van der Waals surface area contributed by atoms with Crippen LogP contribution in [0.5, 0.6) is 0 Å². The van der Waals surface area contributed by atoms with E-state index in [0.29, 0.717) is 12.8 Å². The Labute approximate surface area is 93.6 Å². The van der Waals surface area contributed by atoms with Crippen LogP contribution in [0.2, 0.25) is 0 Å². The normalized spacial score (nSPS) is 25.9. The largest absolute Gasteiger partial charge is 0.355 e. The van der Waals surface area contributed by atoms with Gasteiger partial charge in [-0.25, -0.2) is 4.79 Å². The molecular weight excluding hydrogens is 212 g/mol. The van der Waals surface area contributed by atoms with Gasteiger partial charge in [0.1, 0.15) is 5.41 Å². The van der Waals surface area contributed by atoms with E-state index in [9.17, 15) is 19.6 Å². The van der Waals surface area contributed by atoms with Crippen molar-refractivity contribution < 1.29 is 19.6 Å².